The number of aryl methyl sites for hydroxylation is 1. The lowest BCUT2D eigenvalue weighted by atomic mass is 10.2. The third-order valence-electron chi connectivity index (χ3n) is 3.97. The maximum Gasteiger partial charge on any atom is 0.256 e. The topological polar surface area (TPSA) is 101 Å². The number of aromatic nitrogens is 1. The lowest BCUT2D eigenvalue weighted by Gasteiger charge is -2.12. The molecule has 7 nitrogen and oxygen atoms in total. The lowest BCUT2D eigenvalue weighted by Crippen LogP contribution is -2.32. The number of carbonyl (C=O) groups excluding carboxylic acids is 1. The van der Waals surface area contributed by atoms with Gasteiger partial charge in [-0.1, -0.05) is 18.0 Å². The van der Waals surface area contributed by atoms with E-state index in [1.54, 1.807) is 13.0 Å². The van der Waals surface area contributed by atoms with Crippen molar-refractivity contribution in [1.82, 2.24) is 9.88 Å². The molecule has 3 rings (SSSR count). The van der Waals surface area contributed by atoms with Gasteiger partial charge in [0.15, 0.2) is 5.82 Å². The molecular formula is C16H19N3O4S. The van der Waals surface area contributed by atoms with Gasteiger partial charge in [0.05, 0.1) is 4.90 Å². The van der Waals surface area contributed by atoms with Crippen molar-refractivity contribution in [1.29, 1.82) is 0 Å². The number of nitrogens with one attached hydrogen (secondary N) is 2. The molecule has 0 bridgehead atoms. The zero-order valence-corrected chi connectivity index (χ0v) is 14.1. The van der Waals surface area contributed by atoms with Crippen molar-refractivity contribution >= 4 is 21.7 Å². The highest BCUT2D eigenvalue weighted by Gasteiger charge is 2.23. The van der Waals surface area contributed by atoms with E-state index in [1.165, 1.54) is 24.3 Å². The number of rotatable bonds is 5. The van der Waals surface area contributed by atoms with Crippen LogP contribution in [0.2, 0.25) is 0 Å². The minimum Gasteiger partial charge on any atom is -0.360 e. The van der Waals surface area contributed by atoms with E-state index >= 15 is 0 Å². The monoisotopic (exact) mass is 349 g/mol. The van der Waals surface area contributed by atoms with E-state index in [-0.39, 0.29) is 16.8 Å². The highest BCUT2D eigenvalue weighted by molar-refractivity contribution is 7.89. The van der Waals surface area contributed by atoms with Gasteiger partial charge < -0.3 is 9.84 Å². The van der Waals surface area contributed by atoms with Gasteiger partial charge in [-0.15, -0.1) is 0 Å². The fourth-order valence-electron chi connectivity index (χ4n) is 2.73. The fraction of sp³-hybridized carbons (Fsp3) is 0.375. The Kier molecular flexibility index (Phi) is 4.68. The molecule has 1 amide bonds. The van der Waals surface area contributed by atoms with Crippen LogP contribution in [0.1, 0.15) is 41.8 Å². The Morgan fingerprint density at radius 1 is 1.21 bits per heavy atom. The van der Waals surface area contributed by atoms with Crippen molar-refractivity contribution in [3.8, 4) is 0 Å². The second-order valence-corrected chi connectivity index (χ2v) is 7.62. The van der Waals surface area contributed by atoms with Gasteiger partial charge in [0.2, 0.25) is 10.0 Å². The molecule has 0 aliphatic heterocycles. The van der Waals surface area contributed by atoms with Crippen molar-refractivity contribution in [3.05, 3.63) is 41.7 Å². The van der Waals surface area contributed by atoms with Crippen molar-refractivity contribution < 1.29 is 17.7 Å². The first-order valence-electron chi connectivity index (χ1n) is 7.81. The molecule has 1 aliphatic rings. The van der Waals surface area contributed by atoms with Gasteiger partial charge in [-0.3, -0.25) is 4.79 Å². The summed E-state index contributed by atoms with van der Waals surface area (Å²) in [7, 11) is -3.55. The smallest absolute Gasteiger partial charge is 0.256 e. The van der Waals surface area contributed by atoms with E-state index in [1.807, 2.05) is 0 Å². The summed E-state index contributed by atoms with van der Waals surface area (Å²) in [6, 6.07) is 7.42. The first-order valence-corrected chi connectivity index (χ1v) is 9.29. The number of sulfonamides is 1. The molecule has 1 aromatic carbocycles. The SMILES string of the molecule is Cc1cc(NC(=O)c2ccc(S(=O)(=O)NC3CCCC3)cc2)no1. The molecule has 0 spiro atoms. The maximum atomic E-state index is 12.3. The van der Waals surface area contributed by atoms with Gasteiger partial charge >= 0.3 is 0 Å². The van der Waals surface area contributed by atoms with Crippen LogP contribution in [0.25, 0.3) is 0 Å². The molecule has 0 saturated heterocycles. The van der Waals surface area contributed by atoms with E-state index in [0.717, 1.165) is 25.7 Å². The Morgan fingerprint density at radius 3 is 2.46 bits per heavy atom. The average Bonchev–Trinajstić information content (AvgIpc) is 3.19. The van der Waals surface area contributed by atoms with Gasteiger partial charge in [0.1, 0.15) is 5.76 Å². The molecule has 1 aliphatic carbocycles. The van der Waals surface area contributed by atoms with Crippen molar-refractivity contribution in [2.45, 2.75) is 43.5 Å². The number of hydrogen-bond acceptors (Lipinski definition) is 5. The van der Waals surface area contributed by atoms with Crippen LogP contribution in [-0.4, -0.2) is 25.5 Å². The van der Waals surface area contributed by atoms with E-state index in [4.69, 9.17) is 4.52 Å². The summed E-state index contributed by atoms with van der Waals surface area (Å²) in [5.74, 6) is 0.526. The first-order chi connectivity index (χ1) is 11.4. The van der Waals surface area contributed by atoms with Crippen molar-refractivity contribution in [2.75, 3.05) is 5.32 Å². The Balaban J connectivity index is 1.69. The number of anilines is 1. The third-order valence-corrected chi connectivity index (χ3v) is 5.51. The Bertz CT molecular complexity index is 821. The Hall–Kier alpha value is -2.19. The highest BCUT2D eigenvalue weighted by atomic mass is 32.2. The number of carbonyl (C=O) groups is 1. The van der Waals surface area contributed by atoms with Gasteiger partial charge in [-0.05, 0) is 44.0 Å². The standard InChI is InChI=1S/C16H19N3O4S/c1-11-10-15(18-23-11)17-16(20)12-6-8-14(9-7-12)24(21,22)19-13-4-2-3-5-13/h6-10,13,19H,2-5H2,1H3,(H,17,18,20). The zero-order valence-electron chi connectivity index (χ0n) is 13.3. The molecule has 1 heterocycles. The summed E-state index contributed by atoms with van der Waals surface area (Å²) >= 11 is 0. The van der Waals surface area contributed by atoms with E-state index in [2.05, 4.69) is 15.2 Å². The first kappa shape index (κ1) is 16.7. The lowest BCUT2D eigenvalue weighted by molar-refractivity contribution is 0.102. The van der Waals surface area contributed by atoms with Crippen LogP contribution in [0.4, 0.5) is 5.82 Å². The molecule has 1 saturated carbocycles. The molecular weight excluding hydrogens is 330 g/mol. The molecule has 0 unspecified atom stereocenters. The van der Waals surface area contributed by atoms with Crippen LogP contribution in [-0.2, 0) is 10.0 Å². The predicted molar refractivity (Wildman–Crippen MR) is 88.2 cm³/mol. The number of nitrogens with zero attached hydrogens (tertiary/aromatic N) is 1. The summed E-state index contributed by atoms with van der Waals surface area (Å²) in [5, 5.41) is 6.27. The van der Waals surface area contributed by atoms with Crippen LogP contribution in [0.5, 0.6) is 0 Å². The second kappa shape index (κ2) is 6.74. The van der Waals surface area contributed by atoms with E-state index < -0.39 is 10.0 Å². The van der Waals surface area contributed by atoms with Crippen molar-refractivity contribution in [2.24, 2.45) is 0 Å². The number of hydrogen-bond donors (Lipinski definition) is 2. The van der Waals surface area contributed by atoms with Gasteiger partial charge in [-0.25, -0.2) is 13.1 Å². The molecule has 128 valence electrons. The van der Waals surface area contributed by atoms with Crippen molar-refractivity contribution in [3.63, 3.8) is 0 Å². The minimum atomic E-state index is -3.55. The number of benzene rings is 1. The molecule has 1 fully saturated rings. The second-order valence-electron chi connectivity index (χ2n) is 5.90. The summed E-state index contributed by atoms with van der Waals surface area (Å²) in [6.45, 7) is 1.72. The summed E-state index contributed by atoms with van der Waals surface area (Å²) in [5.41, 5.74) is 0.343. The van der Waals surface area contributed by atoms with Crippen LogP contribution < -0.4 is 10.0 Å². The molecule has 1 aromatic heterocycles. The summed E-state index contributed by atoms with van der Waals surface area (Å²) in [4.78, 5) is 12.3. The largest absolute Gasteiger partial charge is 0.360 e. The van der Waals surface area contributed by atoms with Crippen LogP contribution in [0.15, 0.2) is 39.8 Å². The van der Waals surface area contributed by atoms with Gasteiger partial charge in [0, 0.05) is 17.7 Å². The molecule has 0 radical (unpaired) electrons. The normalized spacial score (nSPS) is 15.5. The zero-order chi connectivity index (χ0) is 17.2. The highest BCUT2D eigenvalue weighted by Crippen LogP contribution is 2.20. The van der Waals surface area contributed by atoms with Gasteiger partial charge in [0.25, 0.3) is 5.91 Å². The van der Waals surface area contributed by atoms with Crippen LogP contribution in [0, 0.1) is 6.92 Å². The van der Waals surface area contributed by atoms with Gasteiger partial charge in [-0.2, -0.15) is 0 Å². The molecule has 24 heavy (non-hydrogen) atoms. The molecule has 2 aromatic rings. The van der Waals surface area contributed by atoms with Crippen LogP contribution >= 0.6 is 0 Å². The molecule has 0 atom stereocenters. The quantitative estimate of drug-likeness (QED) is 0.863. The third kappa shape index (κ3) is 3.82. The Labute approximate surface area is 140 Å². The average molecular weight is 349 g/mol. The van der Waals surface area contributed by atoms with E-state index in [9.17, 15) is 13.2 Å². The Morgan fingerprint density at radius 2 is 1.88 bits per heavy atom. The molecule has 2 N–H and O–H groups in total. The minimum absolute atomic E-state index is 0.00776. The van der Waals surface area contributed by atoms with Crippen LogP contribution in [0.3, 0.4) is 0 Å². The number of amides is 1. The maximum absolute atomic E-state index is 12.3. The molecule has 8 heteroatoms. The van der Waals surface area contributed by atoms with E-state index in [0.29, 0.717) is 17.1 Å². The summed E-state index contributed by atoms with van der Waals surface area (Å²) < 4.78 is 32.2. The fourth-order valence-corrected chi connectivity index (χ4v) is 4.04. The summed E-state index contributed by atoms with van der Waals surface area (Å²) in [6.07, 6.45) is 3.84. The predicted octanol–water partition coefficient (Wildman–Crippen LogP) is 2.46.